The molecule has 2 rings (SSSR count). The van der Waals surface area contributed by atoms with Crippen molar-refractivity contribution >= 4 is 23.3 Å². The van der Waals surface area contributed by atoms with E-state index in [2.05, 4.69) is 10.3 Å². The number of anilines is 1. The molecule has 116 valence electrons. The second-order valence-corrected chi connectivity index (χ2v) is 5.25. The first-order valence-corrected chi connectivity index (χ1v) is 7.29. The minimum Gasteiger partial charge on any atom is -0.492 e. The second-order valence-electron chi connectivity index (χ2n) is 4.81. The summed E-state index contributed by atoms with van der Waals surface area (Å²) in [5.41, 5.74) is 0. The van der Waals surface area contributed by atoms with E-state index in [9.17, 15) is 4.79 Å². The number of hydrogen-bond acceptors (Lipinski definition) is 4. The number of hydrogen-bond donors (Lipinski definition) is 1. The van der Waals surface area contributed by atoms with Crippen LogP contribution in [0.1, 0.15) is 0 Å². The van der Waals surface area contributed by atoms with Crippen LogP contribution in [0.5, 0.6) is 5.75 Å². The number of amides is 1. The van der Waals surface area contributed by atoms with Gasteiger partial charge in [0.15, 0.2) is 0 Å². The molecular weight excluding hydrogens is 302 g/mol. The van der Waals surface area contributed by atoms with Crippen LogP contribution in [0.2, 0.25) is 5.02 Å². The highest BCUT2D eigenvalue weighted by molar-refractivity contribution is 6.30. The van der Waals surface area contributed by atoms with Crippen LogP contribution in [0.4, 0.5) is 5.82 Å². The smallest absolute Gasteiger partial charge is 0.239 e. The normalized spacial score (nSPS) is 10.5. The van der Waals surface area contributed by atoms with E-state index in [4.69, 9.17) is 16.3 Å². The minimum absolute atomic E-state index is 0.128. The number of pyridine rings is 1. The van der Waals surface area contributed by atoms with Gasteiger partial charge in [-0.2, -0.15) is 0 Å². The standard InChI is InChI=1S/C16H18ClN3O2/c1-20(9-10-22-14-5-3-2-4-6-14)12-16(21)19-15-8-7-13(17)11-18-15/h2-8,11H,9-10,12H2,1H3,(H,18,19,21). The number of para-hydroxylation sites is 1. The van der Waals surface area contributed by atoms with Gasteiger partial charge in [0.25, 0.3) is 0 Å². The molecule has 5 nitrogen and oxygen atoms in total. The van der Waals surface area contributed by atoms with Crippen LogP contribution in [0.25, 0.3) is 0 Å². The molecule has 0 aliphatic heterocycles. The Morgan fingerprint density at radius 1 is 1.27 bits per heavy atom. The van der Waals surface area contributed by atoms with Gasteiger partial charge in [0.2, 0.25) is 5.91 Å². The van der Waals surface area contributed by atoms with Crippen molar-refractivity contribution in [2.45, 2.75) is 0 Å². The van der Waals surface area contributed by atoms with Crippen LogP contribution in [-0.2, 0) is 4.79 Å². The molecule has 1 amide bonds. The molecular formula is C16H18ClN3O2. The molecule has 22 heavy (non-hydrogen) atoms. The van der Waals surface area contributed by atoms with Crippen molar-refractivity contribution < 1.29 is 9.53 Å². The highest BCUT2D eigenvalue weighted by Crippen LogP contribution is 2.09. The van der Waals surface area contributed by atoms with E-state index in [0.29, 0.717) is 24.0 Å². The summed E-state index contributed by atoms with van der Waals surface area (Å²) >= 11 is 5.74. The Morgan fingerprint density at radius 2 is 2.05 bits per heavy atom. The van der Waals surface area contributed by atoms with Crippen molar-refractivity contribution in [1.29, 1.82) is 0 Å². The summed E-state index contributed by atoms with van der Waals surface area (Å²) in [6.45, 7) is 1.44. The molecule has 0 saturated carbocycles. The molecule has 0 aliphatic rings. The van der Waals surface area contributed by atoms with Crippen LogP contribution in [0.3, 0.4) is 0 Å². The van der Waals surface area contributed by atoms with Crippen molar-refractivity contribution in [3.8, 4) is 5.75 Å². The molecule has 1 aromatic carbocycles. The van der Waals surface area contributed by atoms with Crippen LogP contribution >= 0.6 is 11.6 Å². The quantitative estimate of drug-likeness (QED) is 0.852. The zero-order valence-corrected chi connectivity index (χ0v) is 13.1. The molecule has 0 bridgehead atoms. The number of halogens is 1. The van der Waals surface area contributed by atoms with Gasteiger partial charge in [-0.3, -0.25) is 9.69 Å². The molecule has 2 aromatic rings. The lowest BCUT2D eigenvalue weighted by Gasteiger charge is -2.16. The van der Waals surface area contributed by atoms with E-state index >= 15 is 0 Å². The number of nitrogens with one attached hydrogen (secondary N) is 1. The minimum atomic E-state index is -0.128. The predicted octanol–water partition coefficient (Wildman–Crippen LogP) is 2.68. The monoisotopic (exact) mass is 319 g/mol. The zero-order valence-electron chi connectivity index (χ0n) is 12.3. The number of aromatic nitrogens is 1. The first-order chi connectivity index (χ1) is 10.6. The molecule has 1 N–H and O–H groups in total. The van der Waals surface area contributed by atoms with Crippen LogP contribution in [0.15, 0.2) is 48.7 Å². The van der Waals surface area contributed by atoms with Gasteiger partial charge in [0.05, 0.1) is 11.6 Å². The third-order valence-electron chi connectivity index (χ3n) is 2.89. The number of carbonyl (C=O) groups is 1. The first-order valence-electron chi connectivity index (χ1n) is 6.91. The fraction of sp³-hybridized carbons (Fsp3) is 0.250. The van der Waals surface area contributed by atoms with E-state index in [-0.39, 0.29) is 12.5 Å². The van der Waals surface area contributed by atoms with E-state index in [0.717, 1.165) is 5.75 Å². The maximum Gasteiger partial charge on any atom is 0.239 e. The Balaban J connectivity index is 1.68. The topological polar surface area (TPSA) is 54.5 Å². The summed E-state index contributed by atoms with van der Waals surface area (Å²) in [5, 5.41) is 3.25. The molecule has 0 atom stereocenters. The van der Waals surface area contributed by atoms with E-state index in [1.54, 1.807) is 12.1 Å². The van der Waals surface area contributed by atoms with Gasteiger partial charge >= 0.3 is 0 Å². The molecule has 6 heteroatoms. The van der Waals surface area contributed by atoms with Gasteiger partial charge in [-0.15, -0.1) is 0 Å². The van der Waals surface area contributed by atoms with E-state index in [1.807, 2.05) is 42.3 Å². The van der Waals surface area contributed by atoms with Gasteiger partial charge in [-0.05, 0) is 31.3 Å². The maximum atomic E-state index is 11.9. The number of nitrogens with zero attached hydrogens (tertiary/aromatic N) is 2. The Labute approximate surface area is 134 Å². The molecule has 0 aliphatic carbocycles. The highest BCUT2D eigenvalue weighted by Gasteiger charge is 2.07. The molecule has 0 saturated heterocycles. The van der Waals surface area contributed by atoms with Crippen molar-refractivity contribution in [2.24, 2.45) is 0 Å². The number of ether oxygens (including phenoxy) is 1. The maximum absolute atomic E-state index is 11.9. The SMILES string of the molecule is CN(CCOc1ccccc1)CC(=O)Nc1ccc(Cl)cn1. The molecule has 0 fully saturated rings. The summed E-state index contributed by atoms with van der Waals surface area (Å²) in [6, 6.07) is 12.9. The summed E-state index contributed by atoms with van der Waals surface area (Å²) in [4.78, 5) is 17.8. The number of rotatable bonds is 7. The molecule has 0 unspecified atom stereocenters. The molecule has 1 aromatic heterocycles. The van der Waals surface area contributed by atoms with E-state index in [1.165, 1.54) is 6.20 Å². The van der Waals surface area contributed by atoms with Crippen molar-refractivity contribution in [3.63, 3.8) is 0 Å². The van der Waals surface area contributed by atoms with Gasteiger partial charge < -0.3 is 10.1 Å². The molecule has 0 radical (unpaired) electrons. The van der Waals surface area contributed by atoms with Gasteiger partial charge in [0, 0.05) is 12.7 Å². The van der Waals surface area contributed by atoms with Crippen molar-refractivity contribution in [3.05, 3.63) is 53.7 Å². The Kier molecular flexibility index (Phi) is 6.18. The summed E-state index contributed by atoms with van der Waals surface area (Å²) in [7, 11) is 1.86. The average Bonchev–Trinajstić information content (AvgIpc) is 2.50. The lowest BCUT2D eigenvalue weighted by atomic mass is 10.3. The number of carbonyl (C=O) groups excluding carboxylic acids is 1. The largest absolute Gasteiger partial charge is 0.492 e. The number of likely N-dealkylation sites (N-methyl/N-ethyl adjacent to an activating group) is 1. The summed E-state index contributed by atoms with van der Waals surface area (Å²) in [5.74, 6) is 1.19. The van der Waals surface area contributed by atoms with Crippen LogP contribution < -0.4 is 10.1 Å². The lowest BCUT2D eigenvalue weighted by molar-refractivity contribution is -0.117. The Hall–Kier alpha value is -2.11. The van der Waals surface area contributed by atoms with Crippen molar-refractivity contribution in [1.82, 2.24) is 9.88 Å². The second kappa shape index (κ2) is 8.36. The summed E-state index contributed by atoms with van der Waals surface area (Å²) in [6.07, 6.45) is 1.49. The zero-order chi connectivity index (χ0) is 15.8. The fourth-order valence-electron chi connectivity index (χ4n) is 1.79. The Morgan fingerprint density at radius 3 is 2.73 bits per heavy atom. The third-order valence-corrected chi connectivity index (χ3v) is 3.12. The average molecular weight is 320 g/mol. The van der Waals surface area contributed by atoms with Gasteiger partial charge in [-0.25, -0.2) is 4.98 Å². The van der Waals surface area contributed by atoms with Gasteiger partial charge in [0.1, 0.15) is 18.2 Å². The van der Waals surface area contributed by atoms with Crippen LogP contribution in [-0.4, -0.2) is 42.5 Å². The predicted molar refractivity (Wildman–Crippen MR) is 87.3 cm³/mol. The first kappa shape index (κ1) is 16.3. The third kappa shape index (κ3) is 5.71. The van der Waals surface area contributed by atoms with Gasteiger partial charge in [-0.1, -0.05) is 29.8 Å². The van der Waals surface area contributed by atoms with E-state index < -0.39 is 0 Å². The lowest BCUT2D eigenvalue weighted by Crippen LogP contribution is -2.33. The van der Waals surface area contributed by atoms with Crippen LogP contribution in [0, 0.1) is 0 Å². The molecule has 1 heterocycles. The number of benzene rings is 1. The fourth-order valence-corrected chi connectivity index (χ4v) is 1.90. The Bertz CT molecular complexity index is 590. The van der Waals surface area contributed by atoms with Crippen molar-refractivity contribution in [2.75, 3.05) is 32.1 Å². The molecule has 0 spiro atoms. The summed E-state index contributed by atoms with van der Waals surface area (Å²) < 4.78 is 5.59. The highest BCUT2D eigenvalue weighted by atomic mass is 35.5.